The molecule has 1 unspecified atom stereocenters. The molecule has 0 aliphatic rings. The molecule has 1 atom stereocenters. The lowest BCUT2D eigenvalue weighted by Crippen LogP contribution is -2.09. The summed E-state index contributed by atoms with van der Waals surface area (Å²) in [6, 6.07) is 8.02. The SMILES string of the molecule is O=CC(c1ccccc1)C(F)F. The third-order valence-corrected chi connectivity index (χ3v) is 1.60. The van der Waals surface area contributed by atoms with Gasteiger partial charge in [0.2, 0.25) is 0 Å². The van der Waals surface area contributed by atoms with Crippen LogP contribution in [0.25, 0.3) is 0 Å². The minimum absolute atomic E-state index is 0.278. The maximum Gasteiger partial charge on any atom is 0.252 e. The maximum atomic E-state index is 12.2. The molecule has 1 aromatic carbocycles. The summed E-state index contributed by atoms with van der Waals surface area (Å²) in [5, 5.41) is 0. The van der Waals surface area contributed by atoms with Crippen molar-refractivity contribution in [3.63, 3.8) is 0 Å². The van der Waals surface area contributed by atoms with E-state index in [0.29, 0.717) is 5.56 Å². The number of carbonyl (C=O) groups excluding carboxylic acids is 1. The topological polar surface area (TPSA) is 17.1 Å². The van der Waals surface area contributed by atoms with Gasteiger partial charge in [-0.15, -0.1) is 0 Å². The zero-order valence-corrected chi connectivity index (χ0v) is 6.28. The van der Waals surface area contributed by atoms with E-state index in [2.05, 4.69) is 0 Å². The van der Waals surface area contributed by atoms with Crippen molar-refractivity contribution in [3.05, 3.63) is 35.9 Å². The van der Waals surface area contributed by atoms with Crippen LogP contribution in [0.3, 0.4) is 0 Å². The lowest BCUT2D eigenvalue weighted by molar-refractivity contribution is -0.111. The molecule has 0 heterocycles. The van der Waals surface area contributed by atoms with Gasteiger partial charge >= 0.3 is 0 Å². The monoisotopic (exact) mass is 170 g/mol. The van der Waals surface area contributed by atoms with E-state index < -0.39 is 12.3 Å². The number of alkyl halides is 2. The summed E-state index contributed by atoms with van der Waals surface area (Å²) in [7, 11) is 0. The summed E-state index contributed by atoms with van der Waals surface area (Å²) in [6.07, 6.45) is -2.34. The first kappa shape index (κ1) is 8.84. The van der Waals surface area contributed by atoms with Crippen LogP contribution in [0, 0.1) is 0 Å². The van der Waals surface area contributed by atoms with Gasteiger partial charge in [-0.25, -0.2) is 8.78 Å². The molecule has 0 aromatic heterocycles. The van der Waals surface area contributed by atoms with Crippen molar-refractivity contribution < 1.29 is 13.6 Å². The van der Waals surface area contributed by atoms with Gasteiger partial charge in [-0.2, -0.15) is 0 Å². The van der Waals surface area contributed by atoms with Gasteiger partial charge in [0.1, 0.15) is 12.2 Å². The predicted molar refractivity (Wildman–Crippen MR) is 41.3 cm³/mol. The average molecular weight is 170 g/mol. The van der Waals surface area contributed by atoms with Gasteiger partial charge in [-0.1, -0.05) is 30.3 Å². The predicted octanol–water partition coefficient (Wildman–Crippen LogP) is 2.23. The van der Waals surface area contributed by atoms with E-state index in [1.807, 2.05) is 0 Å². The fraction of sp³-hybridized carbons (Fsp3) is 0.222. The van der Waals surface area contributed by atoms with Crippen LogP contribution in [0.15, 0.2) is 30.3 Å². The largest absolute Gasteiger partial charge is 0.302 e. The number of rotatable bonds is 3. The van der Waals surface area contributed by atoms with Gasteiger partial charge in [-0.3, -0.25) is 0 Å². The Balaban J connectivity index is 2.88. The van der Waals surface area contributed by atoms with Gasteiger partial charge in [0.25, 0.3) is 6.43 Å². The molecule has 0 fully saturated rings. The van der Waals surface area contributed by atoms with E-state index in [1.54, 1.807) is 18.2 Å². The fourth-order valence-corrected chi connectivity index (χ4v) is 0.959. The molecule has 3 heteroatoms. The Bertz CT molecular complexity index is 246. The quantitative estimate of drug-likeness (QED) is 0.636. The first-order valence-electron chi connectivity index (χ1n) is 3.54. The molecule has 1 nitrogen and oxygen atoms in total. The Morgan fingerprint density at radius 3 is 2.17 bits per heavy atom. The maximum absolute atomic E-state index is 12.2. The highest BCUT2D eigenvalue weighted by Gasteiger charge is 2.20. The first-order valence-corrected chi connectivity index (χ1v) is 3.54. The standard InChI is InChI=1S/C9H8F2O/c10-9(11)8(6-12)7-4-2-1-3-5-7/h1-6,8-9H. The number of benzene rings is 1. The number of hydrogen-bond donors (Lipinski definition) is 0. The van der Waals surface area contributed by atoms with Gasteiger partial charge in [0.15, 0.2) is 0 Å². The van der Waals surface area contributed by atoms with Crippen LogP contribution in [-0.4, -0.2) is 12.7 Å². The zero-order valence-electron chi connectivity index (χ0n) is 6.28. The van der Waals surface area contributed by atoms with E-state index in [-0.39, 0.29) is 6.29 Å². The lowest BCUT2D eigenvalue weighted by Gasteiger charge is -2.07. The number of halogens is 2. The minimum Gasteiger partial charge on any atom is -0.302 e. The summed E-state index contributed by atoms with van der Waals surface area (Å²) in [5.41, 5.74) is 0.363. The molecule has 0 saturated carbocycles. The second-order valence-electron chi connectivity index (χ2n) is 2.41. The number of carbonyl (C=O) groups is 1. The fourth-order valence-electron chi connectivity index (χ4n) is 0.959. The van der Waals surface area contributed by atoms with Crippen molar-refractivity contribution in [2.75, 3.05) is 0 Å². The highest BCUT2D eigenvalue weighted by atomic mass is 19.3. The molecule has 0 aliphatic carbocycles. The van der Waals surface area contributed by atoms with Crippen molar-refractivity contribution in [2.45, 2.75) is 12.3 Å². The van der Waals surface area contributed by atoms with Crippen molar-refractivity contribution in [1.29, 1.82) is 0 Å². The average Bonchev–Trinajstić information content (AvgIpc) is 2.07. The zero-order chi connectivity index (χ0) is 8.97. The molecular weight excluding hydrogens is 162 g/mol. The smallest absolute Gasteiger partial charge is 0.252 e. The summed E-state index contributed by atoms with van der Waals surface area (Å²) in [5.74, 6) is -1.29. The molecule has 1 rings (SSSR count). The summed E-state index contributed by atoms with van der Waals surface area (Å²) in [6.45, 7) is 0. The molecule has 0 spiro atoms. The van der Waals surface area contributed by atoms with E-state index in [4.69, 9.17) is 0 Å². The van der Waals surface area contributed by atoms with E-state index in [1.165, 1.54) is 12.1 Å². The lowest BCUT2D eigenvalue weighted by atomic mass is 10.0. The highest BCUT2D eigenvalue weighted by molar-refractivity contribution is 5.62. The molecule has 0 amide bonds. The first-order chi connectivity index (χ1) is 5.75. The molecule has 0 radical (unpaired) electrons. The Kier molecular flexibility index (Phi) is 2.91. The molecule has 0 aliphatic heterocycles. The molecule has 12 heavy (non-hydrogen) atoms. The van der Waals surface area contributed by atoms with Crippen LogP contribution in [-0.2, 0) is 4.79 Å². The summed E-state index contributed by atoms with van der Waals surface area (Å²) >= 11 is 0. The van der Waals surface area contributed by atoms with Gasteiger partial charge in [0.05, 0.1) is 0 Å². The molecule has 1 aromatic rings. The Morgan fingerprint density at radius 2 is 1.75 bits per heavy atom. The number of aldehydes is 1. The van der Waals surface area contributed by atoms with Gasteiger partial charge < -0.3 is 4.79 Å². The third kappa shape index (κ3) is 1.87. The van der Waals surface area contributed by atoms with Crippen LogP contribution in [0.1, 0.15) is 11.5 Å². The summed E-state index contributed by atoms with van der Waals surface area (Å²) in [4.78, 5) is 10.3. The van der Waals surface area contributed by atoms with Gasteiger partial charge in [-0.05, 0) is 5.56 Å². The van der Waals surface area contributed by atoms with Gasteiger partial charge in [0, 0.05) is 0 Å². The Morgan fingerprint density at radius 1 is 1.17 bits per heavy atom. The Hall–Kier alpha value is -1.25. The van der Waals surface area contributed by atoms with E-state index in [0.717, 1.165) is 0 Å². The van der Waals surface area contributed by atoms with E-state index >= 15 is 0 Å². The van der Waals surface area contributed by atoms with Crippen LogP contribution in [0.2, 0.25) is 0 Å². The van der Waals surface area contributed by atoms with Crippen LogP contribution in [0.5, 0.6) is 0 Å². The molecule has 64 valence electrons. The molecule has 0 bridgehead atoms. The highest BCUT2D eigenvalue weighted by Crippen LogP contribution is 2.20. The Labute approximate surface area is 69.0 Å². The van der Waals surface area contributed by atoms with Crippen LogP contribution in [0.4, 0.5) is 8.78 Å². The molecular formula is C9H8F2O. The third-order valence-electron chi connectivity index (χ3n) is 1.60. The van der Waals surface area contributed by atoms with Crippen molar-refractivity contribution in [1.82, 2.24) is 0 Å². The molecule has 0 N–H and O–H groups in total. The summed E-state index contributed by atoms with van der Waals surface area (Å²) < 4.78 is 24.3. The van der Waals surface area contributed by atoms with Crippen LogP contribution < -0.4 is 0 Å². The second kappa shape index (κ2) is 3.95. The van der Waals surface area contributed by atoms with Crippen molar-refractivity contribution >= 4 is 6.29 Å². The van der Waals surface area contributed by atoms with Crippen molar-refractivity contribution in [2.24, 2.45) is 0 Å². The van der Waals surface area contributed by atoms with E-state index in [9.17, 15) is 13.6 Å². The normalized spacial score (nSPS) is 12.9. The minimum atomic E-state index is -2.62. The molecule has 0 saturated heterocycles. The van der Waals surface area contributed by atoms with Crippen molar-refractivity contribution in [3.8, 4) is 0 Å². The second-order valence-corrected chi connectivity index (χ2v) is 2.41. The number of hydrogen-bond acceptors (Lipinski definition) is 1. The van der Waals surface area contributed by atoms with Crippen LogP contribution >= 0.6 is 0 Å².